The van der Waals surface area contributed by atoms with Crippen molar-refractivity contribution in [3.05, 3.63) is 75.9 Å². The maximum Gasteiger partial charge on any atom is 0.283 e. The van der Waals surface area contributed by atoms with Crippen LogP contribution in [0, 0.1) is 18.3 Å². The highest BCUT2D eigenvalue weighted by Crippen LogP contribution is 2.33. The Kier molecular flexibility index (Phi) is 5.46. The fourth-order valence-corrected chi connectivity index (χ4v) is 5.02. The van der Waals surface area contributed by atoms with E-state index >= 15 is 0 Å². The summed E-state index contributed by atoms with van der Waals surface area (Å²) < 4.78 is 2.22. The van der Waals surface area contributed by atoms with Gasteiger partial charge in [-0.05, 0) is 48.5 Å². The minimum Gasteiger partial charge on any atom is -0.340 e. The standard InChI is InChI=1S/C25H22ClN5OS/c1-14(2)24-29-31-22(27)20(23(32)28-25(31)33-24)12-19-15(3)30(21-7-5-4-6-18(19)21)13-16-8-10-17(26)11-9-16/h4-12,14,27H,13H2,1-3H3/b20-12+,27-22?. The molecule has 2 aromatic carbocycles. The predicted octanol–water partition coefficient (Wildman–Crippen LogP) is 5.93. The highest BCUT2D eigenvalue weighted by atomic mass is 35.5. The molecule has 3 aromatic rings. The molecule has 0 unspecified atom stereocenters. The van der Waals surface area contributed by atoms with E-state index in [0.717, 1.165) is 32.8 Å². The summed E-state index contributed by atoms with van der Waals surface area (Å²) in [4.78, 5) is 17.1. The summed E-state index contributed by atoms with van der Waals surface area (Å²) in [5, 5.41) is 17.7. The monoisotopic (exact) mass is 475 g/mol. The van der Waals surface area contributed by atoms with Crippen molar-refractivity contribution in [3.8, 4) is 0 Å². The van der Waals surface area contributed by atoms with E-state index in [9.17, 15) is 4.79 Å². The van der Waals surface area contributed by atoms with Gasteiger partial charge in [0, 0.05) is 39.6 Å². The van der Waals surface area contributed by atoms with Crippen LogP contribution in [0.2, 0.25) is 5.02 Å². The predicted molar refractivity (Wildman–Crippen MR) is 137 cm³/mol. The fraction of sp³-hybridized carbons (Fsp3) is 0.200. The average Bonchev–Trinajstić information content (AvgIpc) is 3.33. The number of carbonyl (C=O) groups is 1. The molecule has 2 aliphatic rings. The molecule has 0 aliphatic carbocycles. The second-order valence-electron chi connectivity index (χ2n) is 8.34. The van der Waals surface area contributed by atoms with Crippen LogP contribution < -0.4 is 0 Å². The van der Waals surface area contributed by atoms with Gasteiger partial charge in [0.05, 0.1) is 5.57 Å². The van der Waals surface area contributed by atoms with Crippen LogP contribution in [0.1, 0.15) is 30.7 Å². The third kappa shape index (κ3) is 3.81. The van der Waals surface area contributed by atoms with Crippen LogP contribution in [0.3, 0.4) is 0 Å². The molecule has 1 aromatic heterocycles. The number of aromatic nitrogens is 1. The number of hydrogen-bond donors (Lipinski definition) is 1. The molecule has 0 atom stereocenters. The molecular formula is C25H22ClN5OS. The molecular weight excluding hydrogens is 454 g/mol. The molecule has 6 nitrogen and oxygen atoms in total. The smallest absolute Gasteiger partial charge is 0.283 e. The van der Waals surface area contributed by atoms with E-state index in [-0.39, 0.29) is 17.3 Å². The average molecular weight is 476 g/mol. The molecule has 0 bridgehead atoms. The van der Waals surface area contributed by atoms with Gasteiger partial charge in [-0.2, -0.15) is 15.1 Å². The number of nitrogens with zero attached hydrogens (tertiary/aromatic N) is 4. The van der Waals surface area contributed by atoms with Crippen molar-refractivity contribution < 1.29 is 4.79 Å². The van der Waals surface area contributed by atoms with Gasteiger partial charge in [-0.15, -0.1) is 0 Å². The molecule has 0 saturated carbocycles. The maximum atomic E-state index is 12.9. The molecule has 3 heterocycles. The molecule has 33 heavy (non-hydrogen) atoms. The topological polar surface area (TPSA) is 73.8 Å². The molecule has 1 N–H and O–H groups in total. The third-order valence-electron chi connectivity index (χ3n) is 5.79. The first kappa shape index (κ1) is 21.7. The Hall–Kier alpha value is -3.16. The van der Waals surface area contributed by atoms with Crippen LogP contribution in [0.4, 0.5) is 0 Å². The molecule has 0 saturated heterocycles. The van der Waals surface area contributed by atoms with Crippen molar-refractivity contribution >= 4 is 62.3 Å². The summed E-state index contributed by atoms with van der Waals surface area (Å²) in [5.41, 5.74) is 4.35. The van der Waals surface area contributed by atoms with Gasteiger partial charge >= 0.3 is 0 Å². The molecule has 166 valence electrons. The van der Waals surface area contributed by atoms with Crippen molar-refractivity contribution in [2.24, 2.45) is 16.0 Å². The lowest BCUT2D eigenvalue weighted by Crippen LogP contribution is -2.35. The number of carbonyl (C=O) groups excluding carboxylic acids is 1. The van der Waals surface area contributed by atoms with Gasteiger partial charge in [0.15, 0.2) is 5.84 Å². The van der Waals surface area contributed by atoms with Crippen molar-refractivity contribution in [2.75, 3.05) is 0 Å². The quantitative estimate of drug-likeness (QED) is 0.475. The number of halogens is 1. The van der Waals surface area contributed by atoms with Gasteiger partial charge in [0.25, 0.3) is 5.91 Å². The number of hydrazone groups is 1. The highest BCUT2D eigenvalue weighted by Gasteiger charge is 2.36. The van der Waals surface area contributed by atoms with Crippen LogP contribution in [0.5, 0.6) is 0 Å². The van der Waals surface area contributed by atoms with Gasteiger partial charge in [0.1, 0.15) is 5.04 Å². The second-order valence-corrected chi connectivity index (χ2v) is 9.77. The Morgan fingerprint density at radius 3 is 2.61 bits per heavy atom. The van der Waals surface area contributed by atoms with E-state index in [1.807, 2.05) is 63.2 Å². The van der Waals surface area contributed by atoms with Crippen molar-refractivity contribution in [1.82, 2.24) is 9.58 Å². The van der Waals surface area contributed by atoms with Crippen LogP contribution >= 0.6 is 23.4 Å². The lowest BCUT2D eigenvalue weighted by atomic mass is 10.1. The van der Waals surface area contributed by atoms with Gasteiger partial charge in [-0.1, -0.05) is 55.8 Å². The zero-order valence-electron chi connectivity index (χ0n) is 18.5. The summed E-state index contributed by atoms with van der Waals surface area (Å²) in [6, 6.07) is 15.9. The van der Waals surface area contributed by atoms with Crippen molar-refractivity contribution in [3.63, 3.8) is 0 Å². The lowest BCUT2D eigenvalue weighted by Gasteiger charge is -2.20. The number of hydrogen-bond acceptors (Lipinski definition) is 4. The Bertz CT molecular complexity index is 1400. The first-order valence-corrected chi connectivity index (χ1v) is 11.9. The normalized spacial score (nSPS) is 17.2. The van der Waals surface area contributed by atoms with E-state index in [0.29, 0.717) is 16.7 Å². The minimum absolute atomic E-state index is 0.0575. The molecule has 0 radical (unpaired) electrons. The number of aliphatic imine (C=N–C) groups is 1. The van der Waals surface area contributed by atoms with Gasteiger partial charge in [-0.25, -0.2) is 0 Å². The van der Waals surface area contributed by atoms with Gasteiger partial charge in [0.2, 0.25) is 5.17 Å². The number of thioether (sulfide) groups is 1. The maximum absolute atomic E-state index is 12.9. The second kappa shape index (κ2) is 8.32. The van der Waals surface area contributed by atoms with E-state index in [1.54, 1.807) is 6.08 Å². The Labute approximate surface area is 201 Å². The summed E-state index contributed by atoms with van der Waals surface area (Å²) in [5.74, 6) is -0.151. The fourth-order valence-electron chi connectivity index (χ4n) is 4.00. The number of fused-ring (bicyclic) bond motifs is 2. The van der Waals surface area contributed by atoms with Crippen molar-refractivity contribution in [1.29, 1.82) is 5.41 Å². The zero-order chi connectivity index (χ0) is 23.3. The number of amides is 1. The molecule has 0 fully saturated rings. The first-order chi connectivity index (χ1) is 15.8. The summed E-state index contributed by atoms with van der Waals surface area (Å²) >= 11 is 7.41. The molecule has 2 aliphatic heterocycles. The third-order valence-corrected chi connectivity index (χ3v) is 7.25. The van der Waals surface area contributed by atoms with E-state index < -0.39 is 5.91 Å². The Morgan fingerprint density at radius 1 is 1.15 bits per heavy atom. The van der Waals surface area contributed by atoms with E-state index in [4.69, 9.17) is 17.0 Å². The number of nitrogens with one attached hydrogen (secondary N) is 1. The number of para-hydroxylation sites is 1. The first-order valence-electron chi connectivity index (χ1n) is 10.7. The van der Waals surface area contributed by atoms with Crippen LogP contribution in [0.15, 0.2) is 64.2 Å². The Balaban J connectivity index is 1.60. The van der Waals surface area contributed by atoms with Crippen LogP contribution in [-0.2, 0) is 11.3 Å². The Morgan fingerprint density at radius 2 is 1.88 bits per heavy atom. The van der Waals surface area contributed by atoms with Gasteiger partial charge < -0.3 is 4.57 Å². The van der Waals surface area contributed by atoms with Gasteiger partial charge in [-0.3, -0.25) is 10.2 Å². The molecule has 0 spiro atoms. The molecule has 8 heteroatoms. The summed E-state index contributed by atoms with van der Waals surface area (Å²) in [7, 11) is 0. The van der Waals surface area contributed by atoms with E-state index in [1.165, 1.54) is 16.8 Å². The lowest BCUT2D eigenvalue weighted by molar-refractivity contribution is -0.114. The number of rotatable bonds is 4. The van der Waals surface area contributed by atoms with E-state index in [2.05, 4.69) is 20.7 Å². The summed E-state index contributed by atoms with van der Waals surface area (Å²) in [6.45, 7) is 6.78. The minimum atomic E-state index is -0.409. The molecule has 5 rings (SSSR count). The number of benzene rings is 2. The zero-order valence-corrected chi connectivity index (χ0v) is 20.0. The van der Waals surface area contributed by atoms with Crippen molar-refractivity contribution in [2.45, 2.75) is 27.3 Å². The highest BCUT2D eigenvalue weighted by molar-refractivity contribution is 8.27. The molecule has 1 amide bonds. The SMILES string of the molecule is Cc1c(/C=C2\C(=N)N3N=C(C(C)C)SC3=NC2=O)c2ccccc2n1Cc1ccc(Cl)cc1. The van der Waals surface area contributed by atoms with Crippen LogP contribution in [0.25, 0.3) is 17.0 Å². The summed E-state index contributed by atoms with van der Waals surface area (Å²) in [6.07, 6.45) is 1.79. The number of amidine groups is 2. The van der Waals surface area contributed by atoms with Crippen LogP contribution in [-0.4, -0.2) is 31.5 Å². The largest absolute Gasteiger partial charge is 0.340 e.